The number of hydrogen-bond donors (Lipinski definition) is 1. The molecule has 1 saturated heterocycles. The van der Waals surface area contributed by atoms with Crippen LogP contribution in [0, 0.1) is 11.3 Å². The SMILES string of the molecule is N#CCOc1ccccc1/C=C1/SC(=S)NC1=O. The van der Waals surface area contributed by atoms with Gasteiger partial charge >= 0.3 is 0 Å². The Morgan fingerprint density at radius 3 is 2.94 bits per heavy atom. The molecule has 0 bridgehead atoms. The smallest absolute Gasteiger partial charge is 0.263 e. The van der Waals surface area contributed by atoms with Crippen molar-refractivity contribution in [3.63, 3.8) is 0 Å². The summed E-state index contributed by atoms with van der Waals surface area (Å²) in [4.78, 5) is 12.1. The largest absolute Gasteiger partial charge is 0.478 e. The molecule has 1 fully saturated rings. The number of thioether (sulfide) groups is 1. The van der Waals surface area contributed by atoms with Crippen molar-refractivity contribution in [1.82, 2.24) is 5.32 Å². The molecule has 90 valence electrons. The van der Waals surface area contributed by atoms with Crippen LogP contribution in [0.3, 0.4) is 0 Å². The molecule has 0 aliphatic carbocycles. The highest BCUT2D eigenvalue weighted by Crippen LogP contribution is 2.29. The van der Waals surface area contributed by atoms with Gasteiger partial charge in [0.05, 0.1) is 4.91 Å². The van der Waals surface area contributed by atoms with Crippen LogP contribution in [-0.4, -0.2) is 16.8 Å². The number of benzene rings is 1. The molecule has 0 aromatic heterocycles. The molecule has 1 amide bonds. The van der Waals surface area contributed by atoms with Gasteiger partial charge in [-0.05, 0) is 12.1 Å². The van der Waals surface area contributed by atoms with Crippen molar-refractivity contribution in [3.05, 3.63) is 34.7 Å². The summed E-state index contributed by atoms with van der Waals surface area (Å²) < 4.78 is 5.73. The minimum Gasteiger partial charge on any atom is -0.478 e. The summed E-state index contributed by atoms with van der Waals surface area (Å²) in [7, 11) is 0. The number of nitrogens with one attached hydrogen (secondary N) is 1. The van der Waals surface area contributed by atoms with Gasteiger partial charge < -0.3 is 10.1 Å². The maximum Gasteiger partial charge on any atom is 0.263 e. The third-order valence-corrected chi connectivity index (χ3v) is 3.30. The maximum atomic E-state index is 11.5. The van der Waals surface area contributed by atoms with Crippen LogP contribution in [0.1, 0.15) is 5.56 Å². The molecule has 1 heterocycles. The van der Waals surface area contributed by atoms with Gasteiger partial charge in [-0.1, -0.05) is 42.2 Å². The molecule has 1 aliphatic rings. The monoisotopic (exact) mass is 276 g/mol. The van der Waals surface area contributed by atoms with Crippen LogP contribution < -0.4 is 10.1 Å². The lowest BCUT2D eigenvalue weighted by Gasteiger charge is -2.05. The molecule has 1 aromatic rings. The van der Waals surface area contributed by atoms with Crippen LogP contribution in [0.5, 0.6) is 5.75 Å². The van der Waals surface area contributed by atoms with Gasteiger partial charge in [-0.3, -0.25) is 4.79 Å². The number of nitrogens with zero attached hydrogens (tertiary/aromatic N) is 1. The fourth-order valence-corrected chi connectivity index (χ4v) is 2.44. The summed E-state index contributed by atoms with van der Waals surface area (Å²) in [6.45, 7) is -0.0298. The van der Waals surface area contributed by atoms with E-state index in [0.717, 1.165) is 5.56 Å². The molecular formula is C12H8N2O2S2. The zero-order chi connectivity index (χ0) is 13.0. The Labute approximate surface area is 114 Å². The molecule has 0 saturated carbocycles. The van der Waals surface area contributed by atoms with Crippen LogP contribution in [0.2, 0.25) is 0 Å². The predicted octanol–water partition coefficient (Wildman–Crippen LogP) is 2.08. The summed E-state index contributed by atoms with van der Waals surface area (Å²) >= 11 is 6.12. The van der Waals surface area contributed by atoms with Gasteiger partial charge in [-0.25, -0.2) is 0 Å². The van der Waals surface area contributed by atoms with Crippen molar-refractivity contribution in [1.29, 1.82) is 5.26 Å². The molecule has 1 N–H and O–H groups in total. The molecule has 0 spiro atoms. The van der Waals surface area contributed by atoms with Crippen LogP contribution in [0.4, 0.5) is 0 Å². The van der Waals surface area contributed by atoms with E-state index in [1.165, 1.54) is 11.8 Å². The summed E-state index contributed by atoms with van der Waals surface area (Å²) in [6.07, 6.45) is 1.70. The highest BCUT2D eigenvalue weighted by Gasteiger charge is 2.22. The number of para-hydroxylation sites is 1. The number of thiocarbonyl (C=S) groups is 1. The summed E-state index contributed by atoms with van der Waals surface area (Å²) in [5.41, 5.74) is 0.745. The molecule has 6 heteroatoms. The van der Waals surface area contributed by atoms with E-state index in [9.17, 15) is 4.79 Å². The zero-order valence-electron chi connectivity index (χ0n) is 9.17. The van der Waals surface area contributed by atoms with E-state index < -0.39 is 0 Å². The minimum atomic E-state index is -0.208. The van der Waals surface area contributed by atoms with Gasteiger partial charge in [0.15, 0.2) is 6.61 Å². The zero-order valence-corrected chi connectivity index (χ0v) is 10.8. The molecule has 1 aromatic carbocycles. The highest BCUT2D eigenvalue weighted by atomic mass is 32.2. The van der Waals surface area contributed by atoms with E-state index in [2.05, 4.69) is 5.32 Å². The summed E-state index contributed by atoms with van der Waals surface area (Å²) in [5, 5.41) is 11.0. The fraction of sp³-hybridized carbons (Fsp3) is 0.0833. The third-order valence-electron chi connectivity index (χ3n) is 2.14. The first-order valence-electron chi connectivity index (χ1n) is 5.04. The van der Waals surface area contributed by atoms with Crippen molar-refractivity contribution >= 4 is 40.3 Å². The van der Waals surface area contributed by atoms with Crippen LogP contribution in [0.15, 0.2) is 29.2 Å². The molecule has 1 aliphatic heterocycles. The second kappa shape index (κ2) is 5.67. The Bertz CT molecular complexity index is 576. The van der Waals surface area contributed by atoms with Gasteiger partial charge in [0, 0.05) is 5.56 Å². The van der Waals surface area contributed by atoms with Crippen LogP contribution in [0.25, 0.3) is 6.08 Å². The molecule has 2 rings (SSSR count). The normalized spacial score (nSPS) is 16.5. The second-order valence-corrected chi connectivity index (χ2v) is 5.06. The number of carbonyl (C=O) groups excluding carboxylic acids is 1. The lowest BCUT2D eigenvalue weighted by atomic mass is 10.2. The van der Waals surface area contributed by atoms with Crippen LogP contribution >= 0.6 is 24.0 Å². The van der Waals surface area contributed by atoms with E-state index in [1.807, 2.05) is 18.2 Å². The Morgan fingerprint density at radius 1 is 1.50 bits per heavy atom. The molecule has 0 atom stereocenters. The van der Waals surface area contributed by atoms with E-state index in [4.69, 9.17) is 22.2 Å². The maximum absolute atomic E-state index is 11.5. The lowest BCUT2D eigenvalue weighted by Crippen LogP contribution is -2.17. The van der Waals surface area contributed by atoms with Crippen molar-refractivity contribution in [3.8, 4) is 11.8 Å². The van der Waals surface area contributed by atoms with Gasteiger partial charge in [0.25, 0.3) is 5.91 Å². The topological polar surface area (TPSA) is 62.1 Å². The Morgan fingerprint density at radius 2 is 2.28 bits per heavy atom. The van der Waals surface area contributed by atoms with Crippen molar-refractivity contribution in [2.75, 3.05) is 6.61 Å². The number of carbonyl (C=O) groups is 1. The minimum absolute atomic E-state index is 0.0298. The first-order chi connectivity index (χ1) is 8.70. The van der Waals surface area contributed by atoms with Gasteiger partial charge in [-0.15, -0.1) is 0 Å². The van der Waals surface area contributed by atoms with E-state index in [0.29, 0.717) is 15.0 Å². The summed E-state index contributed by atoms with van der Waals surface area (Å²) in [5.74, 6) is 0.359. The lowest BCUT2D eigenvalue weighted by molar-refractivity contribution is -0.115. The van der Waals surface area contributed by atoms with Crippen molar-refractivity contribution in [2.24, 2.45) is 0 Å². The molecule has 0 radical (unpaired) electrons. The average molecular weight is 276 g/mol. The van der Waals surface area contributed by atoms with E-state index in [1.54, 1.807) is 18.2 Å². The first kappa shape index (κ1) is 12.6. The Kier molecular flexibility index (Phi) is 3.97. The summed E-state index contributed by atoms with van der Waals surface area (Å²) in [6, 6.07) is 9.11. The molecule has 0 unspecified atom stereocenters. The number of hydrogen-bond acceptors (Lipinski definition) is 5. The van der Waals surface area contributed by atoms with E-state index in [-0.39, 0.29) is 12.5 Å². The highest BCUT2D eigenvalue weighted by molar-refractivity contribution is 8.26. The number of nitriles is 1. The Balaban J connectivity index is 2.29. The number of ether oxygens (including phenoxy) is 1. The predicted molar refractivity (Wildman–Crippen MR) is 73.9 cm³/mol. The molecule has 18 heavy (non-hydrogen) atoms. The average Bonchev–Trinajstić information content (AvgIpc) is 2.67. The standard InChI is InChI=1S/C12H8N2O2S2/c13-5-6-16-9-4-2-1-3-8(9)7-10-11(15)14-12(17)18-10/h1-4,7H,6H2,(H,14,15,17)/b10-7+. The van der Waals surface area contributed by atoms with Gasteiger partial charge in [0.2, 0.25) is 0 Å². The van der Waals surface area contributed by atoms with E-state index >= 15 is 0 Å². The Hall–Kier alpha value is -1.84. The number of amides is 1. The molecular weight excluding hydrogens is 268 g/mol. The quantitative estimate of drug-likeness (QED) is 0.676. The van der Waals surface area contributed by atoms with Crippen LogP contribution in [-0.2, 0) is 4.79 Å². The van der Waals surface area contributed by atoms with Crippen molar-refractivity contribution in [2.45, 2.75) is 0 Å². The van der Waals surface area contributed by atoms with Crippen molar-refractivity contribution < 1.29 is 9.53 Å². The molecule has 4 nitrogen and oxygen atoms in total. The first-order valence-corrected chi connectivity index (χ1v) is 6.27. The number of rotatable bonds is 3. The second-order valence-electron chi connectivity index (χ2n) is 3.34. The van der Waals surface area contributed by atoms with Gasteiger partial charge in [-0.2, -0.15) is 5.26 Å². The fourth-order valence-electron chi connectivity index (χ4n) is 1.40. The van der Waals surface area contributed by atoms with Gasteiger partial charge in [0.1, 0.15) is 16.1 Å². The third kappa shape index (κ3) is 2.88.